The molecule has 1 N–H and O–H groups in total. The van der Waals surface area contributed by atoms with Gasteiger partial charge in [-0.25, -0.2) is 13.4 Å². The summed E-state index contributed by atoms with van der Waals surface area (Å²) in [4.78, 5) is 19.7. The molecule has 2 aromatic rings. The second-order valence-electron chi connectivity index (χ2n) is 8.21. The number of piperazine rings is 1. The number of nitrogens with zero attached hydrogens (tertiary/aromatic N) is 3. The Kier molecular flexibility index (Phi) is 6.98. The Morgan fingerprint density at radius 1 is 1.13 bits per heavy atom. The van der Waals surface area contributed by atoms with Gasteiger partial charge in [-0.1, -0.05) is 29.8 Å². The number of hydrogen-bond donors (Lipinski definition) is 1. The average Bonchev–Trinajstić information content (AvgIpc) is 3.22. The maximum absolute atomic E-state index is 12.8. The first-order valence-corrected chi connectivity index (χ1v) is 13.6. The van der Waals surface area contributed by atoms with Gasteiger partial charge < -0.3 is 5.32 Å². The van der Waals surface area contributed by atoms with Crippen molar-refractivity contribution >= 4 is 44.0 Å². The summed E-state index contributed by atoms with van der Waals surface area (Å²) in [7, 11) is -3.11. The van der Waals surface area contributed by atoms with Gasteiger partial charge in [-0.05, 0) is 31.7 Å². The van der Waals surface area contributed by atoms with Crippen molar-refractivity contribution in [1.82, 2.24) is 14.2 Å². The van der Waals surface area contributed by atoms with Crippen molar-refractivity contribution in [2.24, 2.45) is 5.92 Å². The van der Waals surface area contributed by atoms with Crippen molar-refractivity contribution in [3.8, 4) is 11.3 Å². The molecule has 0 atom stereocenters. The number of thiazole rings is 1. The highest BCUT2D eigenvalue weighted by Crippen LogP contribution is 2.32. The van der Waals surface area contributed by atoms with Crippen LogP contribution in [0.4, 0.5) is 5.13 Å². The van der Waals surface area contributed by atoms with Gasteiger partial charge in [-0.3, -0.25) is 9.69 Å². The second kappa shape index (κ2) is 9.54. The summed E-state index contributed by atoms with van der Waals surface area (Å²) in [5.41, 5.74) is 1.63. The Labute approximate surface area is 192 Å². The molecule has 1 amide bonds. The Bertz CT molecular complexity index is 1030. The van der Waals surface area contributed by atoms with Gasteiger partial charge in [0.25, 0.3) is 0 Å². The number of carbonyl (C=O) groups is 1. The molecule has 4 rings (SSSR count). The zero-order valence-electron chi connectivity index (χ0n) is 17.5. The minimum atomic E-state index is -3.11. The number of nitrogens with one attached hydrogen (secondary N) is 1. The fraction of sp³-hybridized carbons (Fsp3) is 0.524. The summed E-state index contributed by atoms with van der Waals surface area (Å²) in [6.45, 7) is 2.63. The first-order chi connectivity index (χ1) is 14.8. The van der Waals surface area contributed by atoms with Crippen molar-refractivity contribution in [3.63, 3.8) is 0 Å². The van der Waals surface area contributed by atoms with Crippen LogP contribution in [0, 0.1) is 5.92 Å². The molecule has 1 aromatic heterocycles. The van der Waals surface area contributed by atoms with Crippen LogP contribution in [-0.2, 0) is 14.8 Å². The lowest BCUT2D eigenvalue weighted by Crippen LogP contribution is -2.52. The largest absolute Gasteiger partial charge is 0.302 e. The molecule has 2 fully saturated rings. The molecule has 1 aliphatic carbocycles. The lowest BCUT2D eigenvalue weighted by Gasteiger charge is -2.41. The summed E-state index contributed by atoms with van der Waals surface area (Å²) >= 11 is 7.65. The van der Waals surface area contributed by atoms with Crippen molar-refractivity contribution in [3.05, 3.63) is 34.7 Å². The Morgan fingerprint density at radius 3 is 2.45 bits per heavy atom. The van der Waals surface area contributed by atoms with E-state index in [4.69, 9.17) is 11.6 Å². The third kappa shape index (κ3) is 5.46. The van der Waals surface area contributed by atoms with Crippen LogP contribution >= 0.6 is 22.9 Å². The van der Waals surface area contributed by atoms with Crippen LogP contribution < -0.4 is 5.32 Å². The van der Waals surface area contributed by atoms with Crippen molar-refractivity contribution in [1.29, 1.82) is 0 Å². The third-order valence-corrected chi connectivity index (χ3v) is 8.60. The van der Waals surface area contributed by atoms with Gasteiger partial charge in [0, 0.05) is 54.1 Å². The van der Waals surface area contributed by atoms with Gasteiger partial charge in [0.1, 0.15) is 0 Å². The zero-order chi connectivity index (χ0) is 22.0. The van der Waals surface area contributed by atoms with Gasteiger partial charge in [-0.2, -0.15) is 4.31 Å². The van der Waals surface area contributed by atoms with Crippen molar-refractivity contribution in [2.75, 3.05) is 37.8 Å². The number of halogens is 1. The van der Waals surface area contributed by atoms with Crippen LogP contribution in [0.1, 0.15) is 25.7 Å². The molecule has 0 bridgehead atoms. The van der Waals surface area contributed by atoms with Gasteiger partial charge in [0.2, 0.25) is 15.9 Å². The molecule has 0 unspecified atom stereocenters. The van der Waals surface area contributed by atoms with Gasteiger partial charge >= 0.3 is 0 Å². The quantitative estimate of drug-likeness (QED) is 0.704. The molecular weight excluding hydrogens is 456 g/mol. The lowest BCUT2D eigenvalue weighted by molar-refractivity contribution is -0.121. The number of sulfonamides is 1. The maximum atomic E-state index is 12.8. The molecule has 1 saturated heterocycles. The molecule has 1 aliphatic heterocycles. The van der Waals surface area contributed by atoms with Crippen molar-refractivity contribution in [2.45, 2.75) is 31.7 Å². The molecule has 0 spiro atoms. The Hall–Kier alpha value is -1.52. The highest BCUT2D eigenvalue weighted by molar-refractivity contribution is 7.88. The SMILES string of the molecule is CS(=O)(=O)N1CCN([C@H]2CC[C@@H](C(=O)Nc3nc(-c4ccccc4Cl)cs3)CC2)CC1. The minimum Gasteiger partial charge on any atom is -0.302 e. The molecular formula is C21H27ClN4O3S2. The molecule has 1 saturated carbocycles. The monoisotopic (exact) mass is 482 g/mol. The van der Waals surface area contributed by atoms with E-state index < -0.39 is 10.0 Å². The highest BCUT2D eigenvalue weighted by atomic mass is 35.5. The summed E-state index contributed by atoms with van der Waals surface area (Å²) in [6.07, 6.45) is 4.86. The summed E-state index contributed by atoms with van der Waals surface area (Å²) < 4.78 is 24.9. The highest BCUT2D eigenvalue weighted by Gasteiger charge is 2.32. The predicted molar refractivity (Wildman–Crippen MR) is 125 cm³/mol. The molecule has 7 nitrogen and oxygen atoms in total. The maximum Gasteiger partial charge on any atom is 0.229 e. The number of hydrogen-bond acceptors (Lipinski definition) is 6. The number of amides is 1. The van der Waals surface area contributed by atoms with Crippen LogP contribution in [0.5, 0.6) is 0 Å². The molecule has 2 heterocycles. The fourth-order valence-corrected chi connectivity index (χ4v) is 6.21. The van der Waals surface area contributed by atoms with Gasteiger partial charge in [0.05, 0.1) is 11.9 Å². The molecule has 168 valence electrons. The van der Waals surface area contributed by atoms with Crippen LogP contribution in [0.25, 0.3) is 11.3 Å². The van der Waals surface area contributed by atoms with E-state index in [1.807, 2.05) is 29.6 Å². The van der Waals surface area contributed by atoms with Crippen LogP contribution in [0.3, 0.4) is 0 Å². The molecule has 0 radical (unpaired) electrons. The number of benzene rings is 1. The number of anilines is 1. The van der Waals surface area contributed by atoms with E-state index in [-0.39, 0.29) is 11.8 Å². The number of rotatable bonds is 5. The summed E-state index contributed by atoms with van der Waals surface area (Å²) in [6, 6.07) is 7.97. The molecule has 2 aliphatic rings. The predicted octanol–water partition coefficient (Wildman–Crippen LogP) is 3.54. The van der Waals surface area contributed by atoms with Gasteiger partial charge in [0.15, 0.2) is 5.13 Å². The molecule has 10 heteroatoms. The topological polar surface area (TPSA) is 82.6 Å². The standard InChI is InChI=1S/C21H27ClN4O3S2/c1-31(28,29)26-12-10-25(11-13-26)16-8-6-15(7-9-16)20(27)24-21-23-19(14-30-21)17-4-2-3-5-18(17)22/h2-5,14-16H,6-13H2,1H3,(H,23,24,27)/t15-,16+. The molecule has 31 heavy (non-hydrogen) atoms. The Balaban J connectivity index is 1.27. The van der Waals surface area contributed by atoms with Crippen molar-refractivity contribution < 1.29 is 13.2 Å². The van der Waals surface area contributed by atoms with E-state index in [9.17, 15) is 13.2 Å². The number of carbonyl (C=O) groups excluding carboxylic acids is 1. The van der Waals surface area contributed by atoms with Gasteiger partial charge in [-0.15, -0.1) is 11.3 Å². The van der Waals surface area contributed by atoms with E-state index in [0.717, 1.165) is 50.0 Å². The zero-order valence-corrected chi connectivity index (χ0v) is 19.8. The van der Waals surface area contributed by atoms with E-state index in [1.54, 1.807) is 4.31 Å². The Morgan fingerprint density at radius 2 is 1.81 bits per heavy atom. The van der Waals surface area contributed by atoms with Crippen LogP contribution in [0.15, 0.2) is 29.6 Å². The lowest BCUT2D eigenvalue weighted by atomic mass is 9.84. The second-order valence-corrected chi connectivity index (χ2v) is 11.5. The fourth-order valence-electron chi connectivity index (χ4n) is 4.43. The summed E-state index contributed by atoms with van der Waals surface area (Å²) in [5, 5.41) is 6.12. The molecule has 1 aromatic carbocycles. The van der Waals surface area contributed by atoms with Crippen LogP contribution in [-0.4, -0.2) is 67.0 Å². The first kappa shape index (κ1) is 22.7. The van der Waals surface area contributed by atoms with E-state index in [2.05, 4.69) is 15.2 Å². The third-order valence-electron chi connectivity index (χ3n) is 6.21. The average molecular weight is 483 g/mol. The minimum absolute atomic E-state index is 0.0128. The van der Waals surface area contributed by atoms with E-state index in [1.165, 1.54) is 17.6 Å². The number of aromatic nitrogens is 1. The summed E-state index contributed by atoms with van der Waals surface area (Å²) in [5.74, 6) is 0.0154. The normalized spacial score (nSPS) is 23.5. The first-order valence-electron chi connectivity index (χ1n) is 10.5. The van der Waals surface area contributed by atoms with E-state index in [0.29, 0.717) is 29.3 Å². The van der Waals surface area contributed by atoms with E-state index >= 15 is 0 Å². The van der Waals surface area contributed by atoms with Crippen LogP contribution in [0.2, 0.25) is 5.02 Å². The smallest absolute Gasteiger partial charge is 0.229 e.